The van der Waals surface area contributed by atoms with Crippen LogP contribution in [0.3, 0.4) is 0 Å². The standard InChI is InChI=1S/C54H68N6O9S/c1-4-67-47-18-11-10-17-45(47)60-50(55-43-16-9-8-15-42(43)52(60)62)36-57-28-30-58(31-29-57)51(61)37-68-39-21-23-41(24-22-39)70(64,65)32-13-7-5-6-12-27-59-48-19-14-26-54(48)35-40(34-49(54)59)69-53(63)56-44-33-38(2)20-25-46(44)66-3/h8-11,15-18,20-25,33,40,42,48-50H,4-7,12-14,19,26-32,34-37H2,1-3H3,(H,56,63). The summed E-state index contributed by atoms with van der Waals surface area (Å²) >= 11 is 0. The zero-order valence-electron chi connectivity index (χ0n) is 40.8. The quantitative estimate of drug-likeness (QED) is 0.110. The maximum Gasteiger partial charge on any atom is 0.412 e. The van der Waals surface area contributed by atoms with Crippen molar-refractivity contribution in [1.29, 1.82) is 0 Å². The largest absolute Gasteiger partial charge is 0.495 e. The number of anilines is 2. The van der Waals surface area contributed by atoms with Gasteiger partial charge in [0.1, 0.15) is 29.5 Å². The fourth-order valence-electron chi connectivity index (χ4n) is 11.9. The Balaban J connectivity index is 0.669. The van der Waals surface area contributed by atoms with Crippen LogP contribution in [0.25, 0.3) is 0 Å². The van der Waals surface area contributed by atoms with Gasteiger partial charge in [-0.25, -0.2) is 13.2 Å². The molecule has 3 aliphatic heterocycles. The Morgan fingerprint density at radius 1 is 0.900 bits per heavy atom. The molecule has 2 saturated carbocycles. The molecule has 6 aliphatic rings. The molecule has 0 radical (unpaired) electrons. The van der Waals surface area contributed by atoms with Crippen LogP contribution in [-0.4, -0.2) is 136 Å². The number of hydrogen-bond acceptors (Lipinski definition) is 12. The lowest BCUT2D eigenvalue weighted by Crippen LogP contribution is -2.66. The second-order valence-electron chi connectivity index (χ2n) is 19.6. The highest BCUT2D eigenvalue weighted by Gasteiger charge is 2.66. The molecule has 3 aromatic carbocycles. The summed E-state index contributed by atoms with van der Waals surface area (Å²) in [4.78, 5) is 53.9. The van der Waals surface area contributed by atoms with E-state index in [1.165, 1.54) is 19.3 Å². The average molecular weight is 977 g/mol. The Labute approximate surface area is 412 Å². The highest BCUT2D eigenvalue weighted by atomic mass is 32.2. The number of nitrogens with one attached hydrogen (secondary N) is 1. The van der Waals surface area contributed by atoms with Crippen molar-refractivity contribution < 1.29 is 41.7 Å². The fraction of sp³-hybridized carbons (Fsp3) is 0.519. The van der Waals surface area contributed by atoms with Gasteiger partial charge in [-0.2, -0.15) is 0 Å². The first-order valence-electron chi connectivity index (χ1n) is 25.3. The third kappa shape index (κ3) is 10.6. The van der Waals surface area contributed by atoms with Crippen LogP contribution in [0.2, 0.25) is 0 Å². The van der Waals surface area contributed by atoms with Gasteiger partial charge in [-0.15, -0.1) is 0 Å². The molecule has 2 saturated heterocycles. The molecule has 3 heterocycles. The highest BCUT2D eigenvalue weighted by Crippen LogP contribution is 2.63. The Bertz CT molecular complexity index is 2580. The molecule has 15 nitrogen and oxygen atoms in total. The van der Waals surface area contributed by atoms with Gasteiger partial charge in [-0.05, 0) is 113 Å². The number of aryl methyl sites for hydroxylation is 1. The first-order valence-corrected chi connectivity index (χ1v) is 26.9. The fourth-order valence-corrected chi connectivity index (χ4v) is 13.3. The van der Waals surface area contributed by atoms with Gasteiger partial charge in [-0.1, -0.05) is 62.1 Å². The lowest BCUT2D eigenvalue weighted by atomic mass is 9.68. The maximum absolute atomic E-state index is 14.0. The molecule has 9 rings (SSSR count). The van der Waals surface area contributed by atoms with E-state index in [1.807, 2.05) is 80.6 Å². The van der Waals surface area contributed by atoms with Crippen molar-refractivity contribution in [3.63, 3.8) is 0 Å². The SMILES string of the molecule is CCOc1ccccc1N1C(=O)C2C=CC=CC2=NC1CN1CCN(C(=O)COc2ccc(S(=O)(=O)CCCCCCCN3C4CCCC45CC(OC(=O)Nc4cc(C)ccc4OC)CC35)cc2)CC1. The Kier molecular flexibility index (Phi) is 15.3. The Hall–Kier alpha value is -5.71. The van der Waals surface area contributed by atoms with Gasteiger partial charge >= 0.3 is 6.09 Å². The number of rotatable bonds is 20. The molecule has 4 fully saturated rings. The number of carbonyl (C=O) groups is 3. The molecule has 0 bridgehead atoms. The number of hydrogen-bond donors (Lipinski definition) is 1. The van der Waals surface area contributed by atoms with Crippen LogP contribution in [0, 0.1) is 18.3 Å². The van der Waals surface area contributed by atoms with Gasteiger partial charge in [0, 0.05) is 56.6 Å². The number of fused-ring (bicyclic) bond motifs is 1. The van der Waals surface area contributed by atoms with E-state index in [4.69, 9.17) is 23.9 Å². The molecule has 6 atom stereocenters. The average Bonchev–Trinajstić information content (AvgIpc) is 3.88. The third-order valence-corrected chi connectivity index (χ3v) is 17.1. The Morgan fingerprint density at radius 3 is 2.49 bits per heavy atom. The predicted octanol–water partition coefficient (Wildman–Crippen LogP) is 7.84. The number of aliphatic imine (C=N–C) groups is 1. The third-order valence-electron chi connectivity index (χ3n) is 15.3. The van der Waals surface area contributed by atoms with Crippen molar-refractivity contribution in [1.82, 2.24) is 14.7 Å². The Morgan fingerprint density at radius 2 is 1.69 bits per heavy atom. The summed E-state index contributed by atoms with van der Waals surface area (Å²) in [5.74, 6) is 1.13. The lowest BCUT2D eigenvalue weighted by Gasteiger charge is -2.58. The van der Waals surface area contributed by atoms with Crippen molar-refractivity contribution in [2.45, 2.75) is 107 Å². The minimum Gasteiger partial charge on any atom is -0.495 e. The molecule has 16 heteroatoms. The second-order valence-corrected chi connectivity index (χ2v) is 21.7. The number of amides is 3. The van der Waals surface area contributed by atoms with Crippen LogP contribution in [0.1, 0.15) is 76.7 Å². The van der Waals surface area contributed by atoms with Crippen molar-refractivity contribution in [2.24, 2.45) is 16.3 Å². The van der Waals surface area contributed by atoms with Crippen LogP contribution in [0.5, 0.6) is 17.2 Å². The summed E-state index contributed by atoms with van der Waals surface area (Å²) in [5, 5.41) is 2.90. The van der Waals surface area contributed by atoms with E-state index < -0.39 is 28.0 Å². The van der Waals surface area contributed by atoms with E-state index >= 15 is 0 Å². The molecule has 3 aliphatic carbocycles. The number of nitrogens with zero attached hydrogens (tertiary/aromatic N) is 5. The number of unbranched alkanes of at least 4 members (excludes halogenated alkanes) is 4. The van der Waals surface area contributed by atoms with Crippen molar-refractivity contribution in [3.05, 3.63) is 96.6 Å². The number of methoxy groups -OCH3 is 1. The molecule has 1 N–H and O–H groups in total. The number of likely N-dealkylation sites (tertiary alicyclic amines) is 1. The van der Waals surface area contributed by atoms with E-state index in [0.717, 1.165) is 56.3 Å². The number of piperazine rings is 1. The van der Waals surface area contributed by atoms with Crippen LogP contribution in [0.4, 0.5) is 16.2 Å². The van der Waals surface area contributed by atoms with Gasteiger partial charge < -0.3 is 23.8 Å². The molecule has 0 aromatic heterocycles. The van der Waals surface area contributed by atoms with E-state index in [2.05, 4.69) is 15.1 Å². The number of sulfone groups is 1. The number of benzene rings is 3. The topological polar surface area (TPSA) is 160 Å². The summed E-state index contributed by atoms with van der Waals surface area (Å²) in [6, 6.07) is 20.6. The summed E-state index contributed by atoms with van der Waals surface area (Å²) < 4.78 is 49.7. The first-order chi connectivity index (χ1) is 34.0. The summed E-state index contributed by atoms with van der Waals surface area (Å²) in [7, 11) is -1.88. The zero-order valence-corrected chi connectivity index (χ0v) is 41.6. The maximum atomic E-state index is 14.0. The van der Waals surface area contributed by atoms with Crippen LogP contribution >= 0.6 is 0 Å². The molecule has 3 aromatic rings. The van der Waals surface area contributed by atoms with Gasteiger partial charge in [0.15, 0.2) is 16.4 Å². The van der Waals surface area contributed by atoms with E-state index in [0.29, 0.717) is 86.5 Å². The van der Waals surface area contributed by atoms with Crippen LogP contribution in [-0.2, 0) is 24.2 Å². The molecule has 374 valence electrons. The molecular weight excluding hydrogens is 909 g/mol. The first kappa shape index (κ1) is 49.3. The summed E-state index contributed by atoms with van der Waals surface area (Å²) in [6.07, 6.45) is 16.5. The monoisotopic (exact) mass is 976 g/mol. The minimum atomic E-state index is -3.47. The molecule has 70 heavy (non-hydrogen) atoms. The van der Waals surface area contributed by atoms with Gasteiger partial charge in [0.05, 0.1) is 47.4 Å². The summed E-state index contributed by atoms with van der Waals surface area (Å²) in [6.45, 7) is 7.97. The smallest absolute Gasteiger partial charge is 0.412 e. The number of ether oxygens (including phenoxy) is 4. The van der Waals surface area contributed by atoms with E-state index in [1.54, 1.807) is 41.2 Å². The van der Waals surface area contributed by atoms with Crippen molar-refractivity contribution in [3.8, 4) is 17.2 Å². The van der Waals surface area contributed by atoms with E-state index in [9.17, 15) is 22.8 Å². The normalized spacial score (nSPS) is 25.1. The van der Waals surface area contributed by atoms with Crippen molar-refractivity contribution in [2.75, 3.05) is 75.6 Å². The molecule has 1 spiro atoms. The molecule has 6 unspecified atom stereocenters. The minimum absolute atomic E-state index is 0.0441. The molecular formula is C54H68N6O9S. The van der Waals surface area contributed by atoms with Crippen LogP contribution < -0.4 is 24.4 Å². The van der Waals surface area contributed by atoms with Gasteiger partial charge in [0.2, 0.25) is 5.91 Å². The number of para-hydroxylation sites is 2. The summed E-state index contributed by atoms with van der Waals surface area (Å²) in [5.41, 5.74) is 3.34. The lowest BCUT2D eigenvalue weighted by molar-refractivity contribution is -0.135. The zero-order chi connectivity index (χ0) is 48.8. The highest BCUT2D eigenvalue weighted by molar-refractivity contribution is 7.91. The molecule has 3 amide bonds. The predicted molar refractivity (Wildman–Crippen MR) is 270 cm³/mol. The van der Waals surface area contributed by atoms with Crippen molar-refractivity contribution >= 4 is 44.8 Å². The second kappa shape index (κ2) is 21.7. The number of allylic oxidation sites excluding steroid dienone is 3. The van der Waals surface area contributed by atoms with Crippen LogP contribution in [0.15, 0.2) is 101 Å². The van der Waals surface area contributed by atoms with Gasteiger partial charge in [0.25, 0.3) is 5.91 Å². The number of carbonyl (C=O) groups excluding carboxylic acids is 3. The van der Waals surface area contributed by atoms with E-state index in [-0.39, 0.29) is 40.6 Å². The van der Waals surface area contributed by atoms with Gasteiger partial charge in [-0.3, -0.25) is 34.6 Å².